The van der Waals surface area contributed by atoms with Crippen molar-refractivity contribution in [1.82, 2.24) is 29.4 Å². The summed E-state index contributed by atoms with van der Waals surface area (Å²) in [6, 6.07) is 5.93. The van der Waals surface area contributed by atoms with E-state index in [4.69, 9.17) is 16.7 Å². The summed E-state index contributed by atoms with van der Waals surface area (Å²) in [6.07, 6.45) is 2.18. The topological polar surface area (TPSA) is 72.0 Å². The number of fused-ring (bicyclic) bond motifs is 1. The molecule has 4 rings (SSSR count). The zero-order chi connectivity index (χ0) is 18.3. The minimum absolute atomic E-state index is 0.0850. The zero-order valence-corrected chi connectivity index (χ0v) is 15.8. The highest BCUT2D eigenvalue weighted by atomic mass is 35.5. The van der Waals surface area contributed by atoms with E-state index in [2.05, 4.69) is 15.1 Å². The highest BCUT2D eigenvalue weighted by molar-refractivity contribution is 6.35. The number of aromatic nitrogens is 5. The number of rotatable bonds is 4. The van der Waals surface area contributed by atoms with E-state index in [1.165, 1.54) is 0 Å². The lowest BCUT2D eigenvalue weighted by Gasteiger charge is -2.31. The van der Waals surface area contributed by atoms with Gasteiger partial charge >= 0.3 is 0 Å². The van der Waals surface area contributed by atoms with Crippen LogP contribution in [0.5, 0.6) is 0 Å². The Hall–Kier alpha value is -1.96. The lowest BCUT2D eigenvalue weighted by molar-refractivity contribution is 0.193. The number of aliphatic hydroxyl groups excluding tert-OH is 1. The minimum atomic E-state index is -0.0850. The van der Waals surface area contributed by atoms with Gasteiger partial charge in [-0.2, -0.15) is 5.10 Å². The summed E-state index contributed by atoms with van der Waals surface area (Å²) in [5.74, 6) is 1.87. The van der Waals surface area contributed by atoms with Crippen LogP contribution in [0.4, 0.5) is 0 Å². The maximum Gasteiger partial charge on any atom is 0.158 e. The van der Waals surface area contributed by atoms with Crippen LogP contribution in [0.25, 0.3) is 10.9 Å². The predicted molar refractivity (Wildman–Crippen MR) is 99.9 cm³/mol. The van der Waals surface area contributed by atoms with Crippen molar-refractivity contribution in [2.75, 3.05) is 13.1 Å². The average Bonchev–Trinajstić information content (AvgIpc) is 3.16. The Labute approximate surface area is 157 Å². The van der Waals surface area contributed by atoms with E-state index in [0.717, 1.165) is 59.9 Å². The van der Waals surface area contributed by atoms with Crippen molar-refractivity contribution in [3.63, 3.8) is 0 Å². The van der Waals surface area contributed by atoms with E-state index >= 15 is 0 Å². The molecule has 3 aromatic rings. The van der Waals surface area contributed by atoms with Gasteiger partial charge in [0, 0.05) is 38.5 Å². The minimum Gasteiger partial charge on any atom is -0.388 e. The number of nitrogens with zero attached hydrogens (tertiary/aromatic N) is 6. The number of aliphatic hydroxyl groups is 1. The summed E-state index contributed by atoms with van der Waals surface area (Å²) in [5, 5.41) is 24.2. The van der Waals surface area contributed by atoms with Crippen LogP contribution in [0.1, 0.15) is 36.1 Å². The number of hydrogen-bond acceptors (Lipinski definition) is 5. The molecule has 26 heavy (non-hydrogen) atoms. The molecule has 1 atom stereocenters. The van der Waals surface area contributed by atoms with Crippen LogP contribution in [0, 0.1) is 0 Å². The van der Waals surface area contributed by atoms with Crippen LogP contribution < -0.4 is 0 Å². The van der Waals surface area contributed by atoms with Gasteiger partial charge in [0.1, 0.15) is 12.4 Å². The molecule has 0 saturated carbocycles. The van der Waals surface area contributed by atoms with Crippen molar-refractivity contribution in [3.05, 3.63) is 40.6 Å². The molecule has 1 aromatic carbocycles. The Balaban J connectivity index is 1.57. The second-order valence-electron chi connectivity index (χ2n) is 6.97. The largest absolute Gasteiger partial charge is 0.388 e. The molecule has 7 nitrogen and oxygen atoms in total. The summed E-state index contributed by atoms with van der Waals surface area (Å²) in [4.78, 5) is 2.41. The van der Waals surface area contributed by atoms with Gasteiger partial charge in [0.2, 0.25) is 0 Å². The number of benzene rings is 1. The van der Waals surface area contributed by atoms with Gasteiger partial charge in [-0.3, -0.25) is 9.58 Å². The highest BCUT2D eigenvalue weighted by Crippen LogP contribution is 2.30. The third-order valence-corrected chi connectivity index (χ3v) is 5.60. The second kappa shape index (κ2) is 6.98. The molecule has 1 aliphatic heterocycles. The molecule has 1 aliphatic rings. The third kappa shape index (κ3) is 3.00. The van der Waals surface area contributed by atoms with Crippen LogP contribution in [-0.2, 0) is 27.2 Å². The molecule has 0 unspecified atom stereocenters. The van der Waals surface area contributed by atoms with Crippen molar-refractivity contribution in [2.24, 2.45) is 14.1 Å². The van der Waals surface area contributed by atoms with Crippen LogP contribution in [0.15, 0.2) is 18.2 Å². The van der Waals surface area contributed by atoms with E-state index < -0.39 is 0 Å². The van der Waals surface area contributed by atoms with Crippen LogP contribution in [0.2, 0.25) is 5.02 Å². The molecule has 0 aliphatic carbocycles. The van der Waals surface area contributed by atoms with Crippen molar-refractivity contribution in [2.45, 2.75) is 31.9 Å². The number of likely N-dealkylation sites (tertiary alicyclic amines) is 1. The van der Waals surface area contributed by atoms with E-state index in [9.17, 15) is 5.11 Å². The van der Waals surface area contributed by atoms with Crippen LogP contribution in [0.3, 0.4) is 0 Å². The van der Waals surface area contributed by atoms with E-state index in [-0.39, 0.29) is 6.61 Å². The van der Waals surface area contributed by atoms with Gasteiger partial charge in [0.15, 0.2) is 5.82 Å². The first kappa shape index (κ1) is 17.5. The molecule has 0 bridgehead atoms. The SMILES string of the molecule is Cn1c(CO)nnc1[C@H]1CCCN(Cc2nn(C)c3cccc(Cl)c23)C1. The summed E-state index contributed by atoms with van der Waals surface area (Å²) >= 11 is 6.44. The maximum absolute atomic E-state index is 9.35. The molecule has 138 valence electrons. The fourth-order valence-corrected chi connectivity index (χ4v) is 4.23. The zero-order valence-electron chi connectivity index (χ0n) is 15.1. The first-order chi connectivity index (χ1) is 12.6. The fourth-order valence-electron chi connectivity index (χ4n) is 3.95. The number of halogens is 1. The average molecular weight is 375 g/mol. The van der Waals surface area contributed by atoms with Crippen molar-refractivity contribution < 1.29 is 5.11 Å². The van der Waals surface area contributed by atoms with Crippen molar-refractivity contribution in [3.8, 4) is 0 Å². The van der Waals surface area contributed by atoms with Gasteiger partial charge in [0.05, 0.1) is 16.2 Å². The van der Waals surface area contributed by atoms with Crippen molar-refractivity contribution in [1.29, 1.82) is 0 Å². The normalized spacial score (nSPS) is 18.7. The first-order valence-electron chi connectivity index (χ1n) is 8.90. The first-order valence-corrected chi connectivity index (χ1v) is 9.27. The Kier molecular flexibility index (Phi) is 4.69. The molecule has 0 spiro atoms. The summed E-state index contributed by atoms with van der Waals surface area (Å²) in [7, 11) is 3.88. The van der Waals surface area contributed by atoms with Crippen LogP contribution in [-0.4, -0.2) is 47.6 Å². The van der Waals surface area contributed by atoms with E-state index in [1.54, 1.807) is 0 Å². The van der Waals surface area contributed by atoms with Gasteiger partial charge in [0.25, 0.3) is 0 Å². The molecule has 1 saturated heterocycles. The molecule has 3 heterocycles. The quantitative estimate of drug-likeness (QED) is 0.758. The molecule has 2 aromatic heterocycles. The summed E-state index contributed by atoms with van der Waals surface area (Å²) in [5.41, 5.74) is 2.07. The Morgan fingerprint density at radius 3 is 2.88 bits per heavy atom. The number of piperidine rings is 1. The van der Waals surface area contributed by atoms with Gasteiger partial charge < -0.3 is 9.67 Å². The van der Waals surface area contributed by atoms with Crippen LogP contribution >= 0.6 is 11.6 Å². The molecular formula is C18H23ClN6O. The Morgan fingerprint density at radius 2 is 2.12 bits per heavy atom. The third-order valence-electron chi connectivity index (χ3n) is 5.28. The Bertz CT molecular complexity index is 933. The van der Waals surface area contributed by atoms with Gasteiger partial charge in [-0.1, -0.05) is 17.7 Å². The van der Waals surface area contributed by atoms with E-state index in [1.807, 2.05) is 41.5 Å². The van der Waals surface area contributed by atoms with Crippen molar-refractivity contribution >= 4 is 22.5 Å². The molecule has 8 heteroatoms. The van der Waals surface area contributed by atoms with Gasteiger partial charge in [-0.15, -0.1) is 10.2 Å². The number of aryl methyl sites for hydroxylation is 1. The standard InChI is InChI=1S/C18H23ClN6O/c1-23-16(11-26)20-21-18(23)12-5-4-8-25(9-12)10-14-17-13(19)6-3-7-15(17)24(2)22-14/h3,6-7,12,26H,4-5,8-11H2,1-2H3/t12-/m0/s1. The highest BCUT2D eigenvalue weighted by Gasteiger charge is 2.27. The fraction of sp³-hybridized carbons (Fsp3) is 0.500. The molecule has 1 N–H and O–H groups in total. The van der Waals surface area contributed by atoms with E-state index in [0.29, 0.717) is 11.7 Å². The predicted octanol–water partition coefficient (Wildman–Crippen LogP) is 2.23. The monoisotopic (exact) mass is 374 g/mol. The number of hydrogen-bond donors (Lipinski definition) is 1. The second-order valence-corrected chi connectivity index (χ2v) is 7.38. The summed E-state index contributed by atoms with van der Waals surface area (Å²) in [6.45, 7) is 2.62. The maximum atomic E-state index is 9.35. The molecule has 0 radical (unpaired) electrons. The van der Waals surface area contributed by atoms with Gasteiger partial charge in [-0.05, 0) is 31.5 Å². The van der Waals surface area contributed by atoms with Gasteiger partial charge in [-0.25, -0.2) is 0 Å². The molecule has 0 amide bonds. The Morgan fingerprint density at radius 1 is 1.27 bits per heavy atom. The molecular weight excluding hydrogens is 352 g/mol. The lowest BCUT2D eigenvalue weighted by atomic mass is 9.97. The summed E-state index contributed by atoms with van der Waals surface area (Å²) < 4.78 is 3.81. The molecule has 1 fully saturated rings. The smallest absolute Gasteiger partial charge is 0.158 e. The lowest BCUT2D eigenvalue weighted by Crippen LogP contribution is -2.35.